The van der Waals surface area contributed by atoms with E-state index in [2.05, 4.69) is 20.3 Å². The number of hydrogen-bond acceptors (Lipinski definition) is 7. The fraction of sp³-hybridized carbons (Fsp3) is 0.269. The zero-order valence-electron chi connectivity index (χ0n) is 20.7. The largest absolute Gasteiger partial charge is 0.481 e. The molecule has 1 N–H and O–H groups in total. The maximum Gasteiger partial charge on any atom is 0.408 e. The summed E-state index contributed by atoms with van der Waals surface area (Å²) < 4.78 is 39.8. The van der Waals surface area contributed by atoms with Crippen molar-refractivity contribution in [3.05, 3.63) is 88.2 Å². The van der Waals surface area contributed by atoms with Crippen LogP contribution < -0.4 is 15.6 Å². The van der Waals surface area contributed by atoms with Crippen molar-refractivity contribution in [1.82, 2.24) is 24.8 Å². The quantitative estimate of drug-likeness (QED) is 0.414. The van der Waals surface area contributed by atoms with Crippen LogP contribution in [0.2, 0.25) is 0 Å². The smallest absolute Gasteiger partial charge is 0.408 e. The van der Waals surface area contributed by atoms with Crippen molar-refractivity contribution in [2.24, 2.45) is 0 Å². The van der Waals surface area contributed by atoms with Crippen LogP contribution in [0.15, 0.2) is 59.7 Å². The molecule has 9 nitrogen and oxygen atoms in total. The Labute approximate surface area is 211 Å². The number of benzene rings is 1. The van der Waals surface area contributed by atoms with Crippen LogP contribution in [0.5, 0.6) is 5.88 Å². The first kappa shape index (κ1) is 25.7. The molecule has 0 bridgehead atoms. The minimum absolute atomic E-state index is 0.0682. The van der Waals surface area contributed by atoms with Crippen LogP contribution in [0, 0.1) is 11.6 Å². The third kappa shape index (κ3) is 6.05. The van der Waals surface area contributed by atoms with Crippen molar-refractivity contribution >= 4 is 17.1 Å². The molecule has 0 unspecified atom stereocenters. The van der Waals surface area contributed by atoms with E-state index in [9.17, 15) is 18.4 Å². The first-order chi connectivity index (χ1) is 17.5. The molecule has 0 radical (unpaired) electrons. The van der Waals surface area contributed by atoms with Gasteiger partial charge < -0.3 is 14.8 Å². The maximum atomic E-state index is 14.0. The van der Waals surface area contributed by atoms with Crippen molar-refractivity contribution in [3.63, 3.8) is 0 Å². The number of carbonyl (C=O) groups excluding carboxylic acids is 1. The number of methoxy groups -OCH3 is 1. The van der Waals surface area contributed by atoms with Gasteiger partial charge in [0, 0.05) is 24.8 Å². The lowest BCUT2D eigenvalue weighted by Gasteiger charge is -2.25. The molecule has 0 aliphatic carbocycles. The Morgan fingerprint density at radius 2 is 1.84 bits per heavy atom. The second-order valence-electron chi connectivity index (χ2n) is 9.22. The highest BCUT2D eigenvalue weighted by Gasteiger charge is 2.27. The number of nitrogens with one attached hydrogen (secondary N) is 1. The molecule has 192 valence electrons. The highest BCUT2D eigenvalue weighted by Crippen LogP contribution is 2.23. The van der Waals surface area contributed by atoms with Crippen LogP contribution in [0.4, 0.5) is 13.6 Å². The van der Waals surface area contributed by atoms with Crippen LogP contribution in [0.3, 0.4) is 0 Å². The first-order valence-corrected chi connectivity index (χ1v) is 11.4. The van der Waals surface area contributed by atoms with E-state index in [0.717, 1.165) is 18.2 Å². The summed E-state index contributed by atoms with van der Waals surface area (Å²) in [6.07, 6.45) is 1.99. The number of aromatic nitrogens is 4. The summed E-state index contributed by atoms with van der Waals surface area (Å²) in [5, 5.41) is 2.93. The number of pyridine rings is 2. The van der Waals surface area contributed by atoms with Gasteiger partial charge in [-0.25, -0.2) is 28.5 Å². The van der Waals surface area contributed by atoms with Crippen molar-refractivity contribution in [2.45, 2.75) is 38.8 Å². The van der Waals surface area contributed by atoms with Gasteiger partial charge in [0.1, 0.15) is 23.1 Å². The van der Waals surface area contributed by atoms with Crippen molar-refractivity contribution in [1.29, 1.82) is 0 Å². The van der Waals surface area contributed by atoms with Gasteiger partial charge in [-0.05, 0) is 56.7 Å². The van der Waals surface area contributed by atoms with Crippen LogP contribution in [0.1, 0.15) is 38.2 Å². The Morgan fingerprint density at radius 3 is 2.46 bits per heavy atom. The number of hydrogen-bond donors (Lipinski definition) is 1. The molecule has 0 saturated heterocycles. The molecule has 4 aromatic rings. The summed E-state index contributed by atoms with van der Waals surface area (Å²) in [6, 6.07) is 8.34. The molecule has 37 heavy (non-hydrogen) atoms. The molecule has 11 heteroatoms. The molecule has 0 fully saturated rings. The number of carbonyl (C=O) groups is 1. The molecule has 0 spiro atoms. The summed E-state index contributed by atoms with van der Waals surface area (Å²) in [7, 11) is 1.46. The van der Waals surface area contributed by atoms with Crippen molar-refractivity contribution in [2.75, 3.05) is 7.11 Å². The molecule has 4 rings (SSSR count). The van der Waals surface area contributed by atoms with Crippen molar-refractivity contribution < 1.29 is 23.0 Å². The molecule has 3 aromatic heterocycles. The Morgan fingerprint density at radius 1 is 1.11 bits per heavy atom. The van der Waals surface area contributed by atoms with Gasteiger partial charge in [-0.2, -0.15) is 0 Å². The highest BCUT2D eigenvalue weighted by atomic mass is 19.1. The molecule has 1 amide bonds. The lowest BCUT2D eigenvalue weighted by molar-refractivity contribution is 0.0500. The molecule has 1 aromatic carbocycles. The van der Waals surface area contributed by atoms with Crippen molar-refractivity contribution in [3.8, 4) is 11.6 Å². The predicted molar refractivity (Wildman–Crippen MR) is 132 cm³/mol. The number of nitrogens with zero attached hydrogens (tertiary/aromatic N) is 4. The van der Waals surface area contributed by atoms with Gasteiger partial charge in [0.15, 0.2) is 5.65 Å². The van der Waals surface area contributed by atoms with Gasteiger partial charge in [0.2, 0.25) is 5.88 Å². The molecular weight excluding hydrogens is 484 g/mol. The van der Waals surface area contributed by atoms with Gasteiger partial charge in [-0.3, -0.25) is 9.36 Å². The van der Waals surface area contributed by atoms with E-state index in [4.69, 9.17) is 9.47 Å². The summed E-state index contributed by atoms with van der Waals surface area (Å²) in [4.78, 5) is 39.4. The molecule has 0 aliphatic heterocycles. The van der Waals surface area contributed by atoms with E-state index in [1.165, 1.54) is 24.1 Å². The Hall–Kier alpha value is -4.41. The standard InChI is InChI=1S/C26H25F2N5O4/c1-26(2,3)37-25(35)31-20(12-15-10-16(27)13-17(28)11-15)23-32-22-19(6-5-9-29-22)24(34)33(23)18-7-8-21(36-4)30-14-18/h5-11,13-14,20H,12H2,1-4H3,(H,31,35)/t20-/m0/s1. The average molecular weight is 510 g/mol. The fourth-order valence-corrected chi connectivity index (χ4v) is 3.77. The topological polar surface area (TPSA) is 108 Å². The van der Waals surface area contributed by atoms with Gasteiger partial charge in [-0.1, -0.05) is 0 Å². The third-order valence-electron chi connectivity index (χ3n) is 5.22. The second-order valence-corrected chi connectivity index (χ2v) is 9.22. The predicted octanol–water partition coefficient (Wildman–Crippen LogP) is 4.27. The normalized spacial score (nSPS) is 12.3. The minimum atomic E-state index is -1.04. The number of halogens is 2. The molecule has 3 heterocycles. The summed E-state index contributed by atoms with van der Waals surface area (Å²) >= 11 is 0. The summed E-state index contributed by atoms with van der Waals surface area (Å²) in [5.41, 5.74) is -0.589. The van der Waals surface area contributed by atoms with Crippen LogP contribution in [-0.2, 0) is 11.2 Å². The maximum absolute atomic E-state index is 14.0. The number of rotatable bonds is 6. The molecule has 1 atom stereocenters. The summed E-state index contributed by atoms with van der Waals surface area (Å²) in [6.45, 7) is 5.09. The first-order valence-electron chi connectivity index (χ1n) is 11.4. The zero-order chi connectivity index (χ0) is 26.7. The SMILES string of the molecule is COc1ccc(-n2c([C@H](Cc3cc(F)cc(F)c3)NC(=O)OC(C)(C)C)nc3ncccc3c2=O)cn1. The van der Waals surface area contributed by atoms with Gasteiger partial charge in [-0.15, -0.1) is 0 Å². The van der Waals surface area contributed by atoms with Crippen LogP contribution in [-0.4, -0.2) is 38.3 Å². The fourth-order valence-electron chi connectivity index (χ4n) is 3.77. The lowest BCUT2D eigenvalue weighted by atomic mass is 10.0. The van der Waals surface area contributed by atoms with E-state index < -0.39 is 34.9 Å². The molecular formula is C26H25F2N5O4. The Balaban J connectivity index is 1.92. The molecule has 0 saturated carbocycles. The second kappa shape index (κ2) is 10.3. The van der Waals surface area contributed by atoms with Crippen LogP contribution >= 0.6 is 0 Å². The van der Waals surface area contributed by atoms with Gasteiger partial charge >= 0.3 is 6.09 Å². The number of fused-ring (bicyclic) bond motifs is 1. The average Bonchev–Trinajstić information content (AvgIpc) is 2.82. The minimum Gasteiger partial charge on any atom is -0.481 e. The van der Waals surface area contributed by atoms with E-state index in [1.807, 2.05) is 0 Å². The monoisotopic (exact) mass is 509 g/mol. The van der Waals surface area contributed by atoms with E-state index in [1.54, 1.807) is 45.0 Å². The van der Waals surface area contributed by atoms with Gasteiger partial charge in [0.05, 0.1) is 30.4 Å². The number of amides is 1. The van der Waals surface area contributed by atoms with E-state index in [-0.39, 0.29) is 28.8 Å². The van der Waals surface area contributed by atoms with E-state index in [0.29, 0.717) is 11.6 Å². The Kier molecular flexibility index (Phi) is 7.14. The third-order valence-corrected chi connectivity index (χ3v) is 5.22. The van der Waals surface area contributed by atoms with E-state index >= 15 is 0 Å². The summed E-state index contributed by atoms with van der Waals surface area (Å²) in [5.74, 6) is -1.17. The molecule has 0 aliphatic rings. The highest BCUT2D eigenvalue weighted by molar-refractivity contribution is 5.74. The van der Waals surface area contributed by atoms with Gasteiger partial charge in [0.25, 0.3) is 5.56 Å². The van der Waals surface area contributed by atoms with Crippen LogP contribution in [0.25, 0.3) is 16.7 Å². The lowest BCUT2D eigenvalue weighted by Crippen LogP contribution is -2.39. The Bertz CT molecular complexity index is 1480. The number of ether oxygens (including phenoxy) is 2. The number of alkyl carbamates (subject to hydrolysis) is 1. The zero-order valence-corrected chi connectivity index (χ0v) is 20.7.